The summed E-state index contributed by atoms with van der Waals surface area (Å²) < 4.78 is 63.9. The van der Waals surface area contributed by atoms with Crippen LogP contribution in [0.2, 0.25) is 0 Å². The number of benzene rings is 2. The van der Waals surface area contributed by atoms with Crippen LogP contribution in [-0.4, -0.2) is 0 Å². The van der Waals surface area contributed by atoms with Crippen molar-refractivity contribution in [2.45, 2.75) is 90.4 Å². The lowest BCUT2D eigenvalue weighted by Gasteiger charge is -2.29. The second-order valence-corrected chi connectivity index (χ2v) is 9.43. The molecule has 0 unspecified atom stereocenters. The summed E-state index contributed by atoms with van der Waals surface area (Å²) in [6.07, 6.45) is 15.4. The van der Waals surface area contributed by atoms with Crippen LogP contribution >= 0.6 is 0 Å². The Morgan fingerprint density at radius 2 is 1.38 bits per heavy atom. The van der Waals surface area contributed by atoms with Gasteiger partial charge in [-0.15, -0.1) is 0 Å². The third-order valence-corrected chi connectivity index (χ3v) is 7.03. The number of ether oxygens (including phenoxy) is 1. The van der Waals surface area contributed by atoms with E-state index < -0.39 is 23.3 Å². The minimum absolute atomic E-state index is 0.0393. The number of allylic oxidation sites excluding steroid dienone is 1. The molecule has 0 bridgehead atoms. The molecule has 1 aliphatic rings. The number of unbranched alkanes of at least 4 members (excludes halogenated alkanes) is 5. The highest BCUT2D eigenvalue weighted by Gasteiger charge is 2.27. The second-order valence-electron chi connectivity index (χ2n) is 9.43. The molecule has 5 heteroatoms. The molecule has 0 atom stereocenters. The maximum atomic E-state index is 15.0. The number of hydrogen-bond acceptors (Lipinski definition) is 1. The quantitative estimate of drug-likeness (QED) is 0.178. The van der Waals surface area contributed by atoms with Crippen molar-refractivity contribution in [3.8, 4) is 16.9 Å². The van der Waals surface area contributed by atoms with Gasteiger partial charge in [-0.3, -0.25) is 0 Å². The van der Waals surface area contributed by atoms with E-state index in [4.69, 9.17) is 4.74 Å². The Hall–Kier alpha value is -2.30. The summed E-state index contributed by atoms with van der Waals surface area (Å²) in [7, 11) is 0. The molecule has 1 fully saturated rings. The highest BCUT2D eigenvalue weighted by atomic mass is 19.2. The zero-order chi connectivity index (χ0) is 24.5. The van der Waals surface area contributed by atoms with Gasteiger partial charge in [-0.25, -0.2) is 13.2 Å². The van der Waals surface area contributed by atoms with Crippen LogP contribution in [0.4, 0.5) is 17.6 Å². The molecule has 1 saturated carbocycles. The summed E-state index contributed by atoms with van der Waals surface area (Å²) in [4.78, 5) is 0. The molecule has 0 heterocycles. The highest BCUT2D eigenvalue weighted by Crippen LogP contribution is 2.41. The summed E-state index contributed by atoms with van der Waals surface area (Å²) in [6, 6.07) is 5.32. The molecule has 0 amide bonds. The van der Waals surface area contributed by atoms with Gasteiger partial charge in [-0.05, 0) is 62.1 Å². The topological polar surface area (TPSA) is 9.23 Å². The molecule has 186 valence electrons. The van der Waals surface area contributed by atoms with Gasteiger partial charge in [0.25, 0.3) is 0 Å². The molecule has 2 aromatic rings. The van der Waals surface area contributed by atoms with E-state index in [0.717, 1.165) is 25.7 Å². The zero-order valence-corrected chi connectivity index (χ0v) is 20.3. The van der Waals surface area contributed by atoms with E-state index in [0.29, 0.717) is 11.5 Å². The van der Waals surface area contributed by atoms with Gasteiger partial charge in [0.05, 0.1) is 6.26 Å². The van der Waals surface area contributed by atoms with E-state index in [-0.39, 0.29) is 22.8 Å². The van der Waals surface area contributed by atoms with E-state index in [1.807, 2.05) is 0 Å². The molecule has 0 spiro atoms. The monoisotopic (exact) mass is 476 g/mol. The molecule has 0 aromatic heterocycles. The van der Waals surface area contributed by atoms with Crippen molar-refractivity contribution in [1.29, 1.82) is 0 Å². The van der Waals surface area contributed by atoms with Gasteiger partial charge < -0.3 is 4.74 Å². The Morgan fingerprint density at radius 3 is 2.06 bits per heavy atom. The third-order valence-electron chi connectivity index (χ3n) is 7.03. The first kappa shape index (κ1) is 26.3. The van der Waals surface area contributed by atoms with E-state index >= 15 is 4.39 Å². The standard InChI is InChI=1S/C29H36F4O/c1-3-5-6-7-8-9-10-20-11-13-21(14-12-20)22-15-16-23(27(31)26(22)30)24-17-18-25(34-19-4-2)29(33)28(24)32/h4,15-21H,3,5-14H2,1-2H3/b19-4-. The minimum atomic E-state index is -1.26. The smallest absolute Gasteiger partial charge is 0.201 e. The number of rotatable bonds is 11. The largest absolute Gasteiger partial charge is 0.462 e. The Kier molecular flexibility index (Phi) is 10.0. The summed E-state index contributed by atoms with van der Waals surface area (Å²) in [5.74, 6) is -4.27. The summed E-state index contributed by atoms with van der Waals surface area (Å²) in [5.41, 5.74) is -0.268. The first-order chi connectivity index (χ1) is 16.5. The van der Waals surface area contributed by atoms with Crippen molar-refractivity contribution in [3.63, 3.8) is 0 Å². The molecular weight excluding hydrogens is 440 g/mol. The molecule has 0 radical (unpaired) electrons. The van der Waals surface area contributed by atoms with Crippen LogP contribution in [0.3, 0.4) is 0 Å². The molecule has 0 aliphatic heterocycles. The van der Waals surface area contributed by atoms with Crippen molar-refractivity contribution >= 4 is 0 Å². The molecule has 34 heavy (non-hydrogen) atoms. The molecule has 0 N–H and O–H groups in total. The van der Waals surface area contributed by atoms with E-state index in [2.05, 4.69) is 6.92 Å². The number of hydrogen-bond donors (Lipinski definition) is 0. The highest BCUT2D eigenvalue weighted by molar-refractivity contribution is 5.66. The van der Waals surface area contributed by atoms with Crippen molar-refractivity contribution < 1.29 is 22.3 Å². The molecule has 0 saturated heterocycles. The van der Waals surface area contributed by atoms with Crippen LogP contribution < -0.4 is 4.74 Å². The average Bonchev–Trinajstić information content (AvgIpc) is 2.85. The van der Waals surface area contributed by atoms with Crippen LogP contribution in [0.25, 0.3) is 11.1 Å². The Morgan fingerprint density at radius 1 is 0.765 bits per heavy atom. The Balaban J connectivity index is 1.64. The molecule has 2 aromatic carbocycles. The molecule has 1 aliphatic carbocycles. The molecule has 1 nitrogen and oxygen atoms in total. The summed E-state index contributed by atoms with van der Waals surface area (Å²) in [5, 5.41) is 0. The van der Waals surface area contributed by atoms with Crippen LogP contribution in [0.1, 0.15) is 96.0 Å². The minimum Gasteiger partial charge on any atom is -0.462 e. The fourth-order valence-corrected chi connectivity index (χ4v) is 5.04. The first-order valence-electron chi connectivity index (χ1n) is 12.7. The Bertz CT molecular complexity index is 961. The lowest BCUT2D eigenvalue weighted by Crippen LogP contribution is -2.15. The fourth-order valence-electron chi connectivity index (χ4n) is 5.04. The summed E-state index contributed by atoms with van der Waals surface area (Å²) >= 11 is 0. The number of halogens is 4. The van der Waals surface area contributed by atoms with Crippen molar-refractivity contribution in [1.82, 2.24) is 0 Å². The average molecular weight is 477 g/mol. The van der Waals surface area contributed by atoms with Crippen LogP contribution in [0, 0.1) is 29.2 Å². The van der Waals surface area contributed by atoms with Gasteiger partial charge in [-0.2, -0.15) is 4.39 Å². The van der Waals surface area contributed by atoms with Gasteiger partial charge in [0.15, 0.2) is 23.2 Å². The predicted molar refractivity (Wildman–Crippen MR) is 130 cm³/mol. The molecular formula is C29H36F4O. The van der Waals surface area contributed by atoms with Crippen LogP contribution in [-0.2, 0) is 0 Å². The Labute approximate surface area is 201 Å². The first-order valence-corrected chi connectivity index (χ1v) is 12.7. The second kappa shape index (κ2) is 13.0. The fraction of sp³-hybridized carbons (Fsp3) is 0.517. The van der Waals surface area contributed by atoms with E-state index in [1.54, 1.807) is 6.92 Å². The molecule has 3 rings (SSSR count). The maximum absolute atomic E-state index is 15.0. The van der Waals surface area contributed by atoms with Gasteiger partial charge in [-0.1, -0.05) is 70.1 Å². The van der Waals surface area contributed by atoms with Crippen molar-refractivity contribution in [3.05, 3.63) is 65.4 Å². The lowest BCUT2D eigenvalue weighted by molar-refractivity contribution is 0.297. The SMILES string of the molecule is C/C=C\Oc1ccc(-c2ccc(C3CCC(CCCCCCCC)CC3)c(F)c2F)c(F)c1F. The summed E-state index contributed by atoms with van der Waals surface area (Å²) in [6.45, 7) is 3.89. The van der Waals surface area contributed by atoms with Gasteiger partial charge in [0, 0.05) is 11.1 Å². The zero-order valence-electron chi connectivity index (χ0n) is 20.3. The van der Waals surface area contributed by atoms with Crippen LogP contribution in [0.15, 0.2) is 36.6 Å². The van der Waals surface area contributed by atoms with Crippen LogP contribution in [0.5, 0.6) is 5.75 Å². The van der Waals surface area contributed by atoms with Crippen molar-refractivity contribution in [2.24, 2.45) is 5.92 Å². The van der Waals surface area contributed by atoms with Gasteiger partial charge >= 0.3 is 0 Å². The van der Waals surface area contributed by atoms with E-state index in [9.17, 15) is 13.2 Å². The van der Waals surface area contributed by atoms with Crippen molar-refractivity contribution in [2.75, 3.05) is 0 Å². The normalized spacial score (nSPS) is 18.5. The van der Waals surface area contributed by atoms with Gasteiger partial charge in [0.1, 0.15) is 0 Å². The van der Waals surface area contributed by atoms with E-state index in [1.165, 1.54) is 81.5 Å². The lowest BCUT2D eigenvalue weighted by atomic mass is 9.76. The maximum Gasteiger partial charge on any atom is 0.201 e. The predicted octanol–water partition coefficient (Wildman–Crippen LogP) is 9.85. The third kappa shape index (κ3) is 6.43. The van der Waals surface area contributed by atoms with Gasteiger partial charge in [0.2, 0.25) is 5.82 Å².